The molecule has 0 aliphatic carbocycles. The Bertz CT molecular complexity index is 291. The fourth-order valence-corrected chi connectivity index (χ4v) is 0.681. The van der Waals surface area contributed by atoms with Gasteiger partial charge in [0.15, 0.2) is 17.3 Å². The number of phenolic OH excluding ortho intramolecular Hbond substituents is 2. The van der Waals surface area contributed by atoms with Crippen LogP contribution in [0.5, 0.6) is 11.5 Å². The van der Waals surface area contributed by atoms with Crippen LogP contribution in [0, 0.1) is 6.07 Å². The van der Waals surface area contributed by atoms with E-state index in [1.807, 2.05) is 0 Å². The van der Waals surface area contributed by atoms with Gasteiger partial charge in [-0.1, -0.05) is 0 Å². The van der Waals surface area contributed by atoms with E-state index in [0.29, 0.717) is 5.56 Å². The summed E-state index contributed by atoms with van der Waals surface area (Å²) in [5.41, 5.74) is 0.334. The van der Waals surface area contributed by atoms with Gasteiger partial charge >= 0.3 is 0 Å². The summed E-state index contributed by atoms with van der Waals surface area (Å²) in [5, 5.41) is 17.7. The van der Waals surface area contributed by atoms with Gasteiger partial charge in [0.25, 0.3) is 0 Å². The van der Waals surface area contributed by atoms with Crippen LogP contribution in [0.25, 0.3) is 0 Å². The van der Waals surface area contributed by atoms with Gasteiger partial charge in [0.05, 0.1) is 0 Å². The first-order chi connectivity index (χ1) is 5.11. The number of ketones is 1. The molecule has 0 heterocycles. The van der Waals surface area contributed by atoms with Crippen LogP contribution in [0.2, 0.25) is 0 Å². The second-order valence-electron chi connectivity index (χ2n) is 2.18. The molecule has 1 aromatic rings. The molecule has 1 aromatic carbocycles. The minimum absolute atomic E-state index is 0.170. The molecule has 11 heavy (non-hydrogen) atoms. The zero-order valence-electron chi connectivity index (χ0n) is 5.96. The Balaban J connectivity index is 3.15. The lowest BCUT2D eigenvalue weighted by atomic mass is 10.1. The van der Waals surface area contributed by atoms with Crippen molar-refractivity contribution >= 4 is 5.78 Å². The second kappa shape index (κ2) is 2.62. The highest BCUT2D eigenvalue weighted by Crippen LogP contribution is 2.24. The number of benzene rings is 1. The molecule has 3 nitrogen and oxygen atoms in total. The maximum absolute atomic E-state index is 10.7. The molecule has 1 rings (SSSR count). The van der Waals surface area contributed by atoms with Gasteiger partial charge in [-0.25, -0.2) is 0 Å². The fraction of sp³-hybridized carbons (Fsp3) is 0.125. The predicted molar refractivity (Wildman–Crippen MR) is 38.6 cm³/mol. The van der Waals surface area contributed by atoms with E-state index in [0.717, 1.165) is 0 Å². The molecule has 1 radical (unpaired) electrons. The third kappa shape index (κ3) is 1.49. The van der Waals surface area contributed by atoms with Gasteiger partial charge in [0.2, 0.25) is 0 Å². The van der Waals surface area contributed by atoms with Gasteiger partial charge in [-0.15, -0.1) is 0 Å². The SMILES string of the molecule is CC(=O)c1c[c]c(O)c(O)c1. The third-order valence-electron chi connectivity index (χ3n) is 1.31. The van der Waals surface area contributed by atoms with Crippen molar-refractivity contribution in [3.63, 3.8) is 0 Å². The molecular formula is C8H7O3. The van der Waals surface area contributed by atoms with E-state index in [2.05, 4.69) is 6.07 Å². The van der Waals surface area contributed by atoms with Crippen LogP contribution >= 0.6 is 0 Å². The van der Waals surface area contributed by atoms with Crippen molar-refractivity contribution in [2.45, 2.75) is 6.92 Å². The van der Waals surface area contributed by atoms with Crippen LogP contribution in [0.3, 0.4) is 0 Å². The number of phenols is 2. The van der Waals surface area contributed by atoms with Gasteiger partial charge in [-0.2, -0.15) is 0 Å². The Hall–Kier alpha value is -1.51. The van der Waals surface area contributed by atoms with E-state index in [4.69, 9.17) is 10.2 Å². The minimum atomic E-state index is -0.338. The summed E-state index contributed by atoms with van der Waals surface area (Å²) in [7, 11) is 0. The smallest absolute Gasteiger partial charge is 0.165 e. The van der Waals surface area contributed by atoms with Gasteiger partial charge in [-0.3, -0.25) is 4.79 Å². The summed E-state index contributed by atoms with van der Waals surface area (Å²) in [5.74, 6) is -0.829. The van der Waals surface area contributed by atoms with Crippen LogP contribution in [0.15, 0.2) is 12.1 Å². The van der Waals surface area contributed by atoms with Crippen molar-refractivity contribution in [3.05, 3.63) is 23.8 Å². The van der Waals surface area contributed by atoms with E-state index in [-0.39, 0.29) is 17.3 Å². The highest BCUT2D eigenvalue weighted by molar-refractivity contribution is 5.94. The molecular weight excluding hydrogens is 144 g/mol. The van der Waals surface area contributed by atoms with Crippen molar-refractivity contribution in [2.24, 2.45) is 0 Å². The first-order valence-corrected chi connectivity index (χ1v) is 3.06. The molecule has 0 unspecified atom stereocenters. The van der Waals surface area contributed by atoms with Gasteiger partial charge in [0.1, 0.15) is 0 Å². The Kier molecular flexibility index (Phi) is 1.81. The second-order valence-corrected chi connectivity index (χ2v) is 2.18. The fourth-order valence-electron chi connectivity index (χ4n) is 0.681. The van der Waals surface area contributed by atoms with E-state index in [1.54, 1.807) is 0 Å². The van der Waals surface area contributed by atoms with Crippen LogP contribution < -0.4 is 0 Å². The quantitative estimate of drug-likeness (QED) is 0.466. The summed E-state index contributed by atoms with van der Waals surface area (Å²) < 4.78 is 0. The van der Waals surface area contributed by atoms with Gasteiger partial charge in [0, 0.05) is 11.6 Å². The molecule has 0 saturated heterocycles. The zero-order chi connectivity index (χ0) is 8.43. The number of carbonyl (C=O) groups is 1. The zero-order valence-corrected chi connectivity index (χ0v) is 5.96. The largest absolute Gasteiger partial charge is 0.504 e. The molecule has 0 spiro atoms. The van der Waals surface area contributed by atoms with Crippen molar-refractivity contribution < 1.29 is 15.0 Å². The number of hydrogen-bond acceptors (Lipinski definition) is 3. The maximum atomic E-state index is 10.7. The third-order valence-corrected chi connectivity index (χ3v) is 1.31. The van der Waals surface area contributed by atoms with Crippen LogP contribution in [-0.4, -0.2) is 16.0 Å². The summed E-state index contributed by atoms with van der Waals surface area (Å²) in [6, 6.07) is 4.87. The molecule has 0 aliphatic heterocycles. The van der Waals surface area contributed by atoms with Gasteiger partial charge in [-0.05, 0) is 19.1 Å². The number of aromatic hydroxyl groups is 2. The molecule has 0 saturated carbocycles. The summed E-state index contributed by atoms with van der Waals surface area (Å²) in [6.07, 6.45) is 0. The summed E-state index contributed by atoms with van der Waals surface area (Å²) >= 11 is 0. The maximum Gasteiger partial charge on any atom is 0.165 e. The molecule has 0 aliphatic rings. The lowest BCUT2D eigenvalue weighted by Gasteiger charge is -1.97. The molecule has 0 aromatic heterocycles. The van der Waals surface area contributed by atoms with E-state index in [1.165, 1.54) is 19.1 Å². The lowest BCUT2D eigenvalue weighted by Crippen LogP contribution is -1.90. The Morgan fingerprint density at radius 1 is 1.55 bits per heavy atom. The Morgan fingerprint density at radius 2 is 2.18 bits per heavy atom. The number of hydrogen-bond donors (Lipinski definition) is 2. The first kappa shape index (κ1) is 7.60. The molecule has 0 amide bonds. The highest BCUT2D eigenvalue weighted by atomic mass is 16.3. The molecule has 0 fully saturated rings. The topological polar surface area (TPSA) is 57.5 Å². The van der Waals surface area contributed by atoms with Crippen molar-refractivity contribution in [3.8, 4) is 11.5 Å². The normalized spacial score (nSPS) is 9.55. The van der Waals surface area contributed by atoms with E-state index >= 15 is 0 Å². The summed E-state index contributed by atoms with van der Waals surface area (Å²) in [4.78, 5) is 10.7. The van der Waals surface area contributed by atoms with Crippen LogP contribution in [0.4, 0.5) is 0 Å². The van der Waals surface area contributed by atoms with Crippen molar-refractivity contribution in [1.29, 1.82) is 0 Å². The molecule has 0 bridgehead atoms. The van der Waals surface area contributed by atoms with Crippen LogP contribution in [-0.2, 0) is 0 Å². The van der Waals surface area contributed by atoms with E-state index in [9.17, 15) is 4.79 Å². The monoisotopic (exact) mass is 151 g/mol. The molecule has 2 N–H and O–H groups in total. The average molecular weight is 151 g/mol. The highest BCUT2D eigenvalue weighted by Gasteiger charge is 2.03. The molecule has 3 heteroatoms. The number of Topliss-reactive ketones (excluding diaryl/α,β-unsaturated/α-hetero) is 1. The Labute approximate surface area is 63.9 Å². The summed E-state index contributed by atoms with van der Waals surface area (Å²) in [6.45, 7) is 1.37. The van der Waals surface area contributed by atoms with E-state index < -0.39 is 0 Å². The first-order valence-electron chi connectivity index (χ1n) is 3.06. The van der Waals surface area contributed by atoms with Crippen molar-refractivity contribution in [2.75, 3.05) is 0 Å². The molecule has 0 atom stereocenters. The average Bonchev–Trinajstić information content (AvgIpc) is 1.94. The Morgan fingerprint density at radius 3 is 2.64 bits per heavy atom. The van der Waals surface area contributed by atoms with Gasteiger partial charge < -0.3 is 10.2 Å². The lowest BCUT2D eigenvalue weighted by molar-refractivity contribution is 0.101. The number of carbonyl (C=O) groups excluding carboxylic acids is 1. The molecule has 57 valence electrons. The van der Waals surface area contributed by atoms with Crippen molar-refractivity contribution in [1.82, 2.24) is 0 Å². The van der Waals surface area contributed by atoms with Crippen LogP contribution in [0.1, 0.15) is 17.3 Å². The predicted octanol–water partition coefficient (Wildman–Crippen LogP) is 1.10. The number of rotatable bonds is 1. The minimum Gasteiger partial charge on any atom is -0.504 e. The standard InChI is InChI=1S/C8H7O3/c1-5(9)6-2-3-7(10)8(11)4-6/h2,4,10-11H,1H3.